The fraction of sp³-hybridized carbons (Fsp3) is 0.154. The Bertz CT molecular complexity index is 555. The number of hydrogen-bond acceptors (Lipinski definition) is 4. The predicted molar refractivity (Wildman–Crippen MR) is 74.5 cm³/mol. The summed E-state index contributed by atoms with van der Waals surface area (Å²) >= 11 is 5.74. The smallest absolute Gasteiger partial charge is 0.269 e. The first-order chi connectivity index (χ1) is 9.15. The van der Waals surface area contributed by atoms with Crippen molar-refractivity contribution in [1.29, 1.82) is 0 Å². The van der Waals surface area contributed by atoms with Crippen molar-refractivity contribution in [2.45, 2.75) is 6.42 Å². The molecule has 0 saturated heterocycles. The molecule has 2 aromatic rings. The Morgan fingerprint density at radius 3 is 2.53 bits per heavy atom. The molecule has 0 aliphatic carbocycles. The minimum absolute atomic E-state index is 0.107. The lowest BCUT2D eigenvalue weighted by atomic mass is 10.1. The highest BCUT2D eigenvalue weighted by atomic mass is 35.5. The molecule has 0 bridgehead atoms. The lowest BCUT2D eigenvalue weighted by Crippen LogP contribution is -2.06. The van der Waals surface area contributed by atoms with Crippen molar-refractivity contribution in [3.8, 4) is 0 Å². The van der Waals surface area contributed by atoms with Gasteiger partial charge in [-0.15, -0.1) is 0 Å². The molecule has 0 aliphatic rings. The molecule has 1 N–H and O–H groups in total. The quantitative estimate of drug-likeness (QED) is 0.672. The van der Waals surface area contributed by atoms with E-state index in [0.29, 0.717) is 11.6 Å². The third kappa shape index (κ3) is 3.93. The molecule has 0 aliphatic heterocycles. The summed E-state index contributed by atoms with van der Waals surface area (Å²) in [6.45, 7) is 0.701. The van der Waals surface area contributed by atoms with Gasteiger partial charge in [-0.05, 0) is 24.1 Å². The summed E-state index contributed by atoms with van der Waals surface area (Å²) in [6.07, 6.45) is 2.35. The highest BCUT2D eigenvalue weighted by Crippen LogP contribution is 2.13. The van der Waals surface area contributed by atoms with Gasteiger partial charge in [0.2, 0.25) is 0 Å². The Morgan fingerprint density at radius 2 is 1.95 bits per heavy atom. The number of pyridine rings is 1. The maximum Gasteiger partial charge on any atom is 0.269 e. The molecular weight excluding hydrogens is 266 g/mol. The Morgan fingerprint density at radius 1 is 1.21 bits per heavy atom. The maximum absolute atomic E-state index is 10.5. The third-order valence-electron chi connectivity index (χ3n) is 2.59. The molecule has 0 saturated carbocycles. The molecule has 5 nitrogen and oxygen atoms in total. The number of nitro benzene ring substituents is 1. The van der Waals surface area contributed by atoms with Crippen molar-refractivity contribution in [3.05, 3.63) is 63.3 Å². The summed E-state index contributed by atoms with van der Waals surface area (Å²) in [6, 6.07) is 10.1. The van der Waals surface area contributed by atoms with Gasteiger partial charge in [0.05, 0.1) is 9.95 Å². The molecule has 1 aromatic carbocycles. The SMILES string of the molecule is O=[N+]([O-])c1ccc(CCNc2ccc(Cl)cn2)cc1. The number of halogens is 1. The second kappa shape index (κ2) is 6.15. The number of nitro groups is 1. The second-order valence-electron chi connectivity index (χ2n) is 3.96. The summed E-state index contributed by atoms with van der Waals surface area (Å²) in [4.78, 5) is 14.2. The summed E-state index contributed by atoms with van der Waals surface area (Å²) in [5.41, 5.74) is 1.14. The third-order valence-corrected chi connectivity index (χ3v) is 2.82. The van der Waals surface area contributed by atoms with Gasteiger partial charge in [0.1, 0.15) is 5.82 Å². The molecule has 6 heteroatoms. The van der Waals surface area contributed by atoms with Gasteiger partial charge in [0.25, 0.3) is 5.69 Å². The molecule has 0 atom stereocenters. The van der Waals surface area contributed by atoms with Gasteiger partial charge in [0, 0.05) is 24.9 Å². The highest BCUT2D eigenvalue weighted by molar-refractivity contribution is 6.30. The summed E-state index contributed by atoms with van der Waals surface area (Å²) in [5.74, 6) is 0.756. The van der Waals surface area contributed by atoms with Gasteiger partial charge < -0.3 is 5.32 Å². The molecule has 1 aromatic heterocycles. The molecule has 0 radical (unpaired) electrons. The molecule has 1 heterocycles. The van der Waals surface area contributed by atoms with E-state index in [1.54, 1.807) is 30.5 Å². The Balaban J connectivity index is 1.85. The van der Waals surface area contributed by atoms with Crippen LogP contribution < -0.4 is 5.32 Å². The number of rotatable bonds is 5. The number of nitrogens with zero attached hydrogens (tertiary/aromatic N) is 2. The molecule has 0 spiro atoms. The Labute approximate surface area is 115 Å². The number of aromatic nitrogens is 1. The van der Waals surface area contributed by atoms with Crippen molar-refractivity contribution < 1.29 is 4.92 Å². The van der Waals surface area contributed by atoms with Crippen molar-refractivity contribution in [2.75, 3.05) is 11.9 Å². The topological polar surface area (TPSA) is 68.1 Å². The van der Waals surface area contributed by atoms with Gasteiger partial charge in [0.15, 0.2) is 0 Å². The number of anilines is 1. The predicted octanol–water partition coefficient (Wildman–Crippen LogP) is 3.30. The first-order valence-corrected chi connectivity index (χ1v) is 6.12. The van der Waals surface area contributed by atoms with Crippen LogP contribution in [0.25, 0.3) is 0 Å². The van der Waals surface area contributed by atoms with Crippen LogP contribution >= 0.6 is 11.6 Å². The Kier molecular flexibility index (Phi) is 4.30. The first-order valence-electron chi connectivity index (χ1n) is 5.74. The summed E-state index contributed by atoms with van der Waals surface area (Å²) < 4.78 is 0. The minimum Gasteiger partial charge on any atom is -0.370 e. The summed E-state index contributed by atoms with van der Waals surface area (Å²) in [5, 5.41) is 14.3. The first kappa shape index (κ1) is 13.3. The van der Waals surface area contributed by atoms with Crippen LogP contribution in [0.4, 0.5) is 11.5 Å². The van der Waals surface area contributed by atoms with E-state index < -0.39 is 4.92 Å². The summed E-state index contributed by atoms with van der Waals surface area (Å²) in [7, 11) is 0. The zero-order valence-corrected chi connectivity index (χ0v) is 10.8. The molecule has 98 valence electrons. The molecule has 0 amide bonds. The Hall–Kier alpha value is -2.14. The van der Waals surface area contributed by atoms with E-state index in [1.165, 1.54) is 12.1 Å². The zero-order chi connectivity index (χ0) is 13.7. The standard InChI is InChI=1S/C13H12ClN3O2/c14-11-3-6-13(16-9-11)15-8-7-10-1-4-12(5-2-10)17(18)19/h1-6,9H,7-8H2,(H,15,16). The van der Waals surface area contributed by atoms with Crippen molar-refractivity contribution >= 4 is 23.1 Å². The van der Waals surface area contributed by atoms with Crippen molar-refractivity contribution in [1.82, 2.24) is 4.98 Å². The van der Waals surface area contributed by atoms with Crippen LogP contribution in [0.5, 0.6) is 0 Å². The lowest BCUT2D eigenvalue weighted by Gasteiger charge is -2.05. The monoisotopic (exact) mass is 277 g/mol. The molecule has 2 rings (SSSR count). The van der Waals surface area contributed by atoms with Crippen LogP contribution in [0, 0.1) is 10.1 Å². The second-order valence-corrected chi connectivity index (χ2v) is 4.40. The van der Waals surface area contributed by atoms with Crippen molar-refractivity contribution in [3.63, 3.8) is 0 Å². The van der Waals surface area contributed by atoms with E-state index in [2.05, 4.69) is 10.3 Å². The van der Waals surface area contributed by atoms with Gasteiger partial charge in [-0.1, -0.05) is 23.7 Å². The average Bonchev–Trinajstić information content (AvgIpc) is 2.41. The number of benzene rings is 1. The zero-order valence-electron chi connectivity index (χ0n) is 10.0. The van der Waals surface area contributed by atoms with E-state index in [9.17, 15) is 10.1 Å². The van der Waals surface area contributed by atoms with E-state index in [1.807, 2.05) is 0 Å². The van der Waals surface area contributed by atoms with Crippen LogP contribution in [-0.4, -0.2) is 16.5 Å². The van der Waals surface area contributed by atoms with Crippen molar-refractivity contribution in [2.24, 2.45) is 0 Å². The molecular formula is C13H12ClN3O2. The average molecular weight is 278 g/mol. The van der Waals surface area contributed by atoms with Gasteiger partial charge >= 0.3 is 0 Å². The van der Waals surface area contributed by atoms with Gasteiger partial charge in [-0.2, -0.15) is 0 Å². The van der Waals surface area contributed by atoms with Crippen LogP contribution in [0.3, 0.4) is 0 Å². The van der Waals surface area contributed by atoms with E-state index in [0.717, 1.165) is 17.8 Å². The molecule has 0 fully saturated rings. The molecule has 19 heavy (non-hydrogen) atoms. The fourth-order valence-electron chi connectivity index (χ4n) is 1.60. The maximum atomic E-state index is 10.5. The van der Waals surface area contributed by atoms with Gasteiger partial charge in [-0.25, -0.2) is 4.98 Å². The fourth-order valence-corrected chi connectivity index (χ4v) is 1.71. The number of nitrogens with one attached hydrogen (secondary N) is 1. The minimum atomic E-state index is -0.403. The highest BCUT2D eigenvalue weighted by Gasteiger charge is 2.03. The van der Waals surface area contributed by atoms with Crippen LogP contribution in [-0.2, 0) is 6.42 Å². The van der Waals surface area contributed by atoms with Gasteiger partial charge in [-0.3, -0.25) is 10.1 Å². The van der Waals surface area contributed by atoms with Crippen LogP contribution in [0.1, 0.15) is 5.56 Å². The van der Waals surface area contributed by atoms with E-state index in [-0.39, 0.29) is 5.69 Å². The number of hydrogen-bond donors (Lipinski definition) is 1. The molecule has 0 unspecified atom stereocenters. The van der Waals surface area contributed by atoms with Crippen LogP contribution in [0.15, 0.2) is 42.6 Å². The van der Waals surface area contributed by atoms with Crippen LogP contribution in [0.2, 0.25) is 5.02 Å². The lowest BCUT2D eigenvalue weighted by molar-refractivity contribution is -0.384. The normalized spacial score (nSPS) is 10.2. The van der Waals surface area contributed by atoms with E-state index >= 15 is 0 Å². The largest absolute Gasteiger partial charge is 0.370 e. The van der Waals surface area contributed by atoms with E-state index in [4.69, 9.17) is 11.6 Å². The number of non-ortho nitro benzene ring substituents is 1.